The van der Waals surface area contributed by atoms with E-state index in [0.717, 1.165) is 23.3 Å². The molecule has 0 atom stereocenters. The van der Waals surface area contributed by atoms with Crippen molar-refractivity contribution in [2.45, 2.75) is 26.3 Å². The van der Waals surface area contributed by atoms with Gasteiger partial charge in [-0.2, -0.15) is 0 Å². The summed E-state index contributed by atoms with van der Waals surface area (Å²) in [6.07, 6.45) is 0.751. The van der Waals surface area contributed by atoms with E-state index in [4.69, 9.17) is 4.74 Å². The van der Waals surface area contributed by atoms with Crippen molar-refractivity contribution in [2.75, 3.05) is 13.7 Å². The van der Waals surface area contributed by atoms with Crippen LogP contribution in [0.4, 0.5) is 0 Å². The van der Waals surface area contributed by atoms with Gasteiger partial charge in [-0.1, -0.05) is 24.3 Å². The van der Waals surface area contributed by atoms with E-state index in [9.17, 15) is 4.79 Å². The number of hydrogen-bond acceptors (Lipinski definition) is 5. The number of aromatic nitrogens is 4. The van der Waals surface area contributed by atoms with Crippen LogP contribution in [0.2, 0.25) is 0 Å². The first kappa shape index (κ1) is 18.6. The summed E-state index contributed by atoms with van der Waals surface area (Å²) in [5.41, 5.74) is 2.54. The Morgan fingerprint density at radius 2 is 1.96 bits per heavy atom. The quantitative estimate of drug-likeness (QED) is 0.696. The molecule has 0 fully saturated rings. The highest BCUT2D eigenvalue weighted by Gasteiger charge is 2.13. The Bertz CT molecular complexity index is 903. The van der Waals surface area contributed by atoms with Gasteiger partial charge in [0.15, 0.2) is 5.82 Å². The van der Waals surface area contributed by atoms with Crippen LogP contribution in [0.25, 0.3) is 11.4 Å². The fraction of sp³-hybridized carbons (Fsp3) is 0.300. The van der Waals surface area contributed by atoms with Crippen LogP contribution in [-0.2, 0) is 6.42 Å². The summed E-state index contributed by atoms with van der Waals surface area (Å²) in [4.78, 5) is 12.5. The maximum atomic E-state index is 12.5. The lowest BCUT2D eigenvalue weighted by Gasteiger charge is -2.09. The third-order valence-electron chi connectivity index (χ3n) is 4.22. The van der Waals surface area contributed by atoms with Crippen molar-refractivity contribution in [1.82, 2.24) is 25.5 Å². The van der Waals surface area contributed by atoms with Crippen LogP contribution in [0.15, 0.2) is 48.5 Å². The molecule has 7 nitrogen and oxygen atoms in total. The Balaban J connectivity index is 1.64. The maximum absolute atomic E-state index is 12.5. The summed E-state index contributed by atoms with van der Waals surface area (Å²) in [7, 11) is 1.64. The van der Waals surface area contributed by atoms with E-state index >= 15 is 0 Å². The Morgan fingerprint density at radius 1 is 1.19 bits per heavy atom. The van der Waals surface area contributed by atoms with Gasteiger partial charge in [-0.05, 0) is 60.5 Å². The van der Waals surface area contributed by atoms with Gasteiger partial charge in [0, 0.05) is 17.7 Å². The van der Waals surface area contributed by atoms with Crippen molar-refractivity contribution in [1.29, 1.82) is 0 Å². The molecule has 140 valence electrons. The summed E-state index contributed by atoms with van der Waals surface area (Å²) < 4.78 is 6.89. The minimum absolute atomic E-state index is 0.117. The molecular weight excluding hydrogens is 342 g/mol. The van der Waals surface area contributed by atoms with Crippen molar-refractivity contribution >= 4 is 5.91 Å². The molecule has 3 rings (SSSR count). The van der Waals surface area contributed by atoms with Crippen LogP contribution >= 0.6 is 0 Å². The molecule has 0 radical (unpaired) electrons. The third kappa shape index (κ3) is 4.49. The highest BCUT2D eigenvalue weighted by molar-refractivity contribution is 5.95. The molecule has 0 aliphatic carbocycles. The SMILES string of the molecule is COc1ccc(CCNC(=O)c2cccc(-c3nnnn3C(C)C)c2)cc1. The number of nitrogens with zero attached hydrogens (tertiary/aromatic N) is 4. The first-order valence-corrected chi connectivity index (χ1v) is 8.88. The van der Waals surface area contributed by atoms with E-state index in [-0.39, 0.29) is 11.9 Å². The Hall–Kier alpha value is -3.22. The van der Waals surface area contributed by atoms with E-state index in [0.29, 0.717) is 17.9 Å². The predicted molar refractivity (Wildman–Crippen MR) is 103 cm³/mol. The van der Waals surface area contributed by atoms with Gasteiger partial charge >= 0.3 is 0 Å². The van der Waals surface area contributed by atoms with Gasteiger partial charge in [0.05, 0.1) is 13.2 Å². The van der Waals surface area contributed by atoms with Crippen molar-refractivity contribution in [3.8, 4) is 17.1 Å². The van der Waals surface area contributed by atoms with Crippen LogP contribution in [-0.4, -0.2) is 39.8 Å². The summed E-state index contributed by atoms with van der Waals surface area (Å²) in [6.45, 7) is 4.57. The number of methoxy groups -OCH3 is 1. The predicted octanol–water partition coefficient (Wildman–Crippen LogP) is 2.90. The highest BCUT2D eigenvalue weighted by Crippen LogP contribution is 2.20. The average molecular weight is 365 g/mol. The second-order valence-electron chi connectivity index (χ2n) is 6.48. The molecule has 0 bridgehead atoms. The van der Waals surface area contributed by atoms with E-state index in [2.05, 4.69) is 20.8 Å². The third-order valence-corrected chi connectivity index (χ3v) is 4.22. The standard InChI is InChI=1S/C20H23N5O2/c1-14(2)25-19(22-23-24-25)16-5-4-6-17(13-16)20(26)21-12-11-15-7-9-18(27-3)10-8-15/h4-10,13-14H,11-12H2,1-3H3,(H,21,26). The molecule has 0 saturated carbocycles. The number of benzene rings is 2. The zero-order valence-electron chi connectivity index (χ0n) is 15.7. The summed E-state index contributed by atoms with van der Waals surface area (Å²) in [5.74, 6) is 1.36. The molecule has 0 aliphatic rings. The number of nitrogens with one attached hydrogen (secondary N) is 1. The molecule has 1 amide bonds. The van der Waals surface area contributed by atoms with Gasteiger partial charge in [0.2, 0.25) is 0 Å². The molecule has 1 aromatic heterocycles. The van der Waals surface area contributed by atoms with E-state index in [1.807, 2.05) is 56.3 Å². The fourth-order valence-corrected chi connectivity index (χ4v) is 2.75. The first-order chi connectivity index (χ1) is 13.1. The fourth-order valence-electron chi connectivity index (χ4n) is 2.75. The van der Waals surface area contributed by atoms with Gasteiger partial charge in [0.25, 0.3) is 5.91 Å². The second-order valence-corrected chi connectivity index (χ2v) is 6.48. The number of tetrazole rings is 1. The highest BCUT2D eigenvalue weighted by atomic mass is 16.5. The van der Waals surface area contributed by atoms with Gasteiger partial charge < -0.3 is 10.1 Å². The number of hydrogen-bond donors (Lipinski definition) is 1. The Morgan fingerprint density at radius 3 is 2.67 bits per heavy atom. The van der Waals surface area contributed by atoms with Crippen molar-refractivity contribution in [3.63, 3.8) is 0 Å². The molecule has 3 aromatic rings. The lowest BCUT2D eigenvalue weighted by Crippen LogP contribution is -2.25. The minimum Gasteiger partial charge on any atom is -0.497 e. The molecule has 1 heterocycles. The van der Waals surface area contributed by atoms with Crippen LogP contribution in [0.1, 0.15) is 35.8 Å². The second kappa shape index (κ2) is 8.44. The number of rotatable bonds is 7. The molecule has 2 aromatic carbocycles. The van der Waals surface area contributed by atoms with Crippen LogP contribution in [0, 0.1) is 0 Å². The van der Waals surface area contributed by atoms with Crippen molar-refractivity contribution in [2.24, 2.45) is 0 Å². The molecule has 1 N–H and O–H groups in total. The Labute approximate surface area is 158 Å². The molecular formula is C20H23N5O2. The molecule has 0 unspecified atom stereocenters. The van der Waals surface area contributed by atoms with Gasteiger partial charge in [-0.3, -0.25) is 4.79 Å². The molecule has 27 heavy (non-hydrogen) atoms. The van der Waals surface area contributed by atoms with Crippen LogP contribution < -0.4 is 10.1 Å². The maximum Gasteiger partial charge on any atom is 0.251 e. The van der Waals surface area contributed by atoms with E-state index < -0.39 is 0 Å². The number of carbonyl (C=O) groups is 1. The zero-order chi connectivity index (χ0) is 19.2. The van der Waals surface area contributed by atoms with Crippen molar-refractivity contribution in [3.05, 3.63) is 59.7 Å². The average Bonchev–Trinajstić information content (AvgIpc) is 3.19. The van der Waals surface area contributed by atoms with Gasteiger partial charge in [-0.25, -0.2) is 4.68 Å². The number of amides is 1. The molecule has 0 spiro atoms. The van der Waals surface area contributed by atoms with Gasteiger partial charge in [-0.15, -0.1) is 5.10 Å². The van der Waals surface area contributed by atoms with Crippen LogP contribution in [0.5, 0.6) is 5.75 Å². The molecule has 0 aliphatic heterocycles. The summed E-state index contributed by atoms with van der Waals surface area (Å²) >= 11 is 0. The molecule has 0 saturated heterocycles. The molecule has 7 heteroatoms. The Kier molecular flexibility index (Phi) is 5.80. The first-order valence-electron chi connectivity index (χ1n) is 8.88. The van der Waals surface area contributed by atoms with Crippen LogP contribution in [0.3, 0.4) is 0 Å². The number of ether oxygens (including phenoxy) is 1. The largest absolute Gasteiger partial charge is 0.497 e. The smallest absolute Gasteiger partial charge is 0.251 e. The normalized spacial score (nSPS) is 10.8. The summed E-state index contributed by atoms with van der Waals surface area (Å²) in [5, 5.41) is 14.8. The lowest BCUT2D eigenvalue weighted by molar-refractivity contribution is 0.0954. The van der Waals surface area contributed by atoms with Crippen molar-refractivity contribution < 1.29 is 9.53 Å². The minimum atomic E-state index is -0.117. The topological polar surface area (TPSA) is 81.9 Å². The van der Waals surface area contributed by atoms with Gasteiger partial charge in [0.1, 0.15) is 5.75 Å². The summed E-state index contributed by atoms with van der Waals surface area (Å²) in [6, 6.07) is 15.3. The monoisotopic (exact) mass is 365 g/mol. The zero-order valence-corrected chi connectivity index (χ0v) is 15.7. The number of carbonyl (C=O) groups excluding carboxylic acids is 1. The van der Waals surface area contributed by atoms with E-state index in [1.165, 1.54) is 0 Å². The lowest BCUT2D eigenvalue weighted by atomic mass is 10.1. The van der Waals surface area contributed by atoms with E-state index in [1.54, 1.807) is 17.9 Å².